The Morgan fingerprint density at radius 1 is 1.29 bits per heavy atom. The maximum Gasteiger partial charge on any atom is 0.178 e. The van der Waals surface area contributed by atoms with E-state index >= 15 is 0 Å². The summed E-state index contributed by atoms with van der Waals surface area (Å²) in [5.41, 5.74) is 6.95. The van der Waals surface area contributed by atoms with Gasteiger partial charge in [0.05, 0.1) is 10.6 Å². The van der Waals surface area contributed by atoms with Gasteiger partial charge in [-0.25, -0.2) is 8.42 Å². The maximum atomic E-state index is 11.6. The van der Waals surface area contributed by atoms with Gasteiger partial charge in [0, 0.05) is 6.04 Å². The Balaban J connectivity index is 2.81. The first-order chi connectivity index (χ1) is 8.01. The van der Waals surface area contributed by atoms with Crippen LogP contribution in [-0.2, 0) is 9.84 Å². The fourth-order valence-electron chi connectivity index (χ4n) is 1.56. The van der Waals surface area contributed by atoms with E-state index < -0.39 is 9.84 Å². The maximum absolute atomic E-state index is 11.6. The first kappa shape index (κ1) is 14.2. The zero-order chi connectivity index (χ0) is 12.9. The van der Waals surface area contributed by atoms with E-state index in [1.165, 1.54) is 0 Å². The predicted molar refractivity (Wildman–Crippen MR) is 69.6 cm³/mol. The van der Waals surface area contributed by atoms with Crippen molar-refractivity contribution in [2.24, 2.45) is 5.73 Å². The third-order valence-corrected chi connectivity index (χ3v) is 4.50. The molecule has 5 heteroatoms. The number of sulfone groups is 1. The van der Waals surface area contributed by atoms with Crippen molar-refractivity contribution >= 4 is 9.84 Å². The lowest BCUT2D eigenvalue weighted by atomic mass is 10.1. The number of nitrogens with two attached hydrogens (primary N) is 1. The molecule has 0 radical (unpaired) electrons. The number of hydrogen-bond donors (Lipinski definition) is 2. The van der Waals surface area contributed by atoms with Crippen molar-refractivity contribution in [1.29, 1.82) is 0 Å². The Bertz CT molecular complexity index is 440. The van der Waals surface area contributed by atoms with E-state index in [0.29, 0.717) is 4.90 Å². The van der Waals surface area contributed by atoms with Gasteiger partial charge in [-0.05, 0) is 37.7 Å². The second-order valence-electron chi connectivity index (χ2n) is 3.97. The monoisotopic (exact) mass is 256 g/mol. The van der Waals surface area contributed by atoms with Crippen molar-refractivity contribution in [2.45, 2.75) is 24.3 Å². The van der Waals surface area contributed by atoms with Crippen LogP contribution in [-0.4, -0.2) is 27.8 Å². The molecule has 0 bridgehead atoms. The van der Waals surface area contributed by atoms with Crippen molar-refractivity contribution in [3.05, 3.63) is 29.8 Å². The Morgan fingerprint density at radius 2 is 1.88 bits per heavy atom. The van der Waals surface area contributed by atoms with E-state index in [9.17, 15) is 8.42 Å². The minimum absolute atomic E-state index is 0.0548. The quantitative estimate of drug-likeness (QED) is 0.799. The number of benzene rings is 1. The van der Waals surface area contributed by atoms with Crippen LogP contribution in [0.5, 0.6) is 0 Å². The van der Waals surface area contributed by atoms with Gasteiger partial charge in [0.15, 0.2) is 9.84 Å². The molecule has 0 aliphatic heterocycles. The van der Waals surface area contributed by atoms with E-state index in [0.717, 1.165) is 18.5 Å². The molecule has 0 aliphatic carbocycles. The molecule has 17 heavy (non-hydrogen) atoms. The van der Waals surface area contributed by atoms with Crippen LogP contribution in [0.3, 0.4) is 0 Å². The minimum Gasteiger partial charge on any atom is -0.324 e. The molecule has 1 atom stereocenters. The summed E-state index contributed by atoms with van der Waals surface area (Å²) in [6.45, 7) is 2.48. The largest absolute Gasteiger partial charge is 0.324 e. The molecule has 0 heterocycles. The lowest BCUT2D eigenvalue weighted by Gasteiger charge is -2.12. The summed E-state index contributed by atoms with van der Waals surface area (Å²) >= 11 is 0. The molecule has 0 aromatic heterocycles. The molecule has 0 fully saturated rings. The van der Waals surface area contributed by atoms with Crippen LogP contribution in [0, 0.1) is 0 Å². The summed E-state index contributed by atoms with van der Waals surface area (Å²) in [6, 6.07) is 6.80. The van der Waals surface area contributed by atoms with E-state index in [1.807, 2.05) is 7.05 Å². The zero-order valence-corrected chi connectivity index (χ0v) is 11.1. The first-order valence-corrected chi connectivity index (χ1v) is 7.39. The van der Waals surface area contributed by atoms with Crippen LogP contribution in [0.1, 0.15) is 24.9 Å². The molecular weight excluding hydrogens is 236 g/mol. The van der Waals surface area contributed by atoms with Gasteiger partial charge >= 0.3 is 0 Å². The van der Waals surface area contributed by atoms with E-state index in [1.54, 1.807) is 31.2 Å². The van der Waals surface area contributed by atoms with Gasteiger partial charge in [-0.2, -0.15) is 0 Å². The topological polar surface area (TPSA) is 72.2 Å². The van der Waals surface area contributed by atoms with Gasteiger partial charge in [0.25, 0.3) is 0 Å². The Kier molecular flexibility index (Phi) is 5.11. The highest BCUT2D eigenvalue weighted by Gasteiger charge is 2.12. The van der Waals surface area contributed by atoms with Gasteiger partial charge in [-0.1, -0.05) is 19.1 Å². The molecule has 1 aromatic rings. The van der Waals surface area contributed by atoms with Crippen molar-refractivity contribution in [2.75, 3.05) is 19.3 Å². The summed E-state index contributed by atoms with van der Waals surface area (Å²) in [6.07, 6.45) is 0.830. The molecule has 0 saturated carbocycles. The smallest absolute Gasteiger partial charge is 0.178 e. The van der Waals surface area contributed by atoms with Crippen LogP contribution in [0.4, 0.5) is 0 Å². The van der Waals surface area contributed by atoms with Gasteiger partial charge < -0.3 is 11.1 Å². The molecular formula is C12H20N2O2S. The highest BCUT2D eigenvalue weighted by atomic mass is 32.2. The molecule has 0 aliphatic rings. The summed E-state index contributed by atoms with van der Waals surface area (Å²) in [5.74, 6) is 0.123. The summed E-state index contributed by atoms with van der Waals surface area (Å²) in [4.78, 5) is 0.365. The standard InChI is InChI=1S/C12H20N2O2S/c1-3-17(15,16)11-6-4-10(5-7-11)12(13)8-9-14-2/h4-7,12,14H,3,8-9,13H2,1-2H3. The second kappa shape index (κ2) is 6.14. The fraction of sp³-hybridized carbons (Fsp3) is 0.500. The SMILES string of the molecule is CCS(=O)(=O)c1ccc(C(N)CCNC)cc1. The average Bonchev–Trinajstić information content (AvgIpc) is 2.36. The third-order valence-electron chi connectivity index (χ3n) is 2.75. The lowest BCUT2D eigenvalue weighted by molar-refractivity contribution is 0.596. The lowest BCUT2D eigenvalue weighted by Crippen LogP contribution is -2.18. The molecule has 0 saturated heterocycles. The van der Waals surface area contributed by atoms with Crippen LogP contribution in [0.2, 0.25) is 0 Å². The normalized spacial score (nSPS) is 13.6. The van der Waals surface area contributed by atoms with E-state index in [-0.39, 0.29) is 11.8 Å². The molecule has 96 valence electrons. The fourth-order valence-corrected chi connectivity index (χ4v) is 2.44. The summed E-state index contributed by atoms with van der Waals surface area (Å²) < 4.78 is 23.2. The van der Waals surface area contributed by atoms with Crippen molar-refractivity contribution in [3.63, 3.8) is 0 Å². The number of rotatable bonds is 6. The van der Waals surface area contributed by atoms with Gasteiger partial charge in [0.2, 0.25) is 0 Å². The predicted octanol–water partition coefficient (Wildman–Crippen LogP) is 1.09. The molecule has 0 spiro atoms. The number of hydrogen-bond acceptors (Lipinski definition) is 4. The van der Waals surface area contributed by atoms with Gasteiger partial charge in [-0.15, -0.1) is 0 Å². The molecule has 1 aromatic carbocycles. The van der Waals surface area contributed by atoms with Crippen molar-refractivity contribution < 1.29 is 8.42 Å². The molecule has 0 amide bonds. The molecule has 4 nitrogen and oxygen atoms in total. The third kappa shape index (κ3) is 3.80. The van der Waals surface area contributed by atoms with E-state index in [2.05, 4.69) is 5.32 Å². The van der Waals surface area contributed by atoms with Crippen LogP contribution < -0.4 is 11.1 Å². The van der Waals surface area contributed by atoms with Crippen LogP contribution in [0.15, 0.2) is 29.2 Å². The van der Waals surface area contributed by atoms with Crippen LogP contribution in [0.25, 0.3) is 0 Å². The number of nitrogens with one attached hydrogen (secondary N) is 1. The summed E-state index contributed by atoms with van der Waals surface area (Å²) in [5, 5.41) is 3.04. The Hall–Kier alpha value is -0.910. The van der Waals surface area contributed by atoms with E-state index in [4.69, 9.17) is 5.73 Å². The molecule has 1 unspecified atom stereocenters. The highest BCUT2D eigenvalue weighted by Crippen LogP contribution is 2.17. The molecule has 3 N–H and O–H groups in total. The minimum atomic E-state index is -3.11. The van der Waals surface area contributed by atoms with Crippen LogP contribution >= 0.6 is 0 Å². The van der Waals surface area contributed by atoms with Crippen molar-refractivity contribution in [3.8, 4) is 0 Å². The average molecular weight is 256 g/mol. The van der Waals surface area contributed by atoms with Crippen molar-refractivity contribution in [1.82, 2.24) is 5.32 Å². The first-order valence-electron chi connectivity index (χ1n) is 5.74. The van der Waals surface area contributed by atoms with Gasteiger partial charge in [-0.3, -0.25) is 0 Å². The molecule has 1 rings (SSSR count). The Morgan fingerprint density at radius 3 is 2.35 bits per heavy atom. The summed E-state index contributed by atoms with van der Waals surface area (Å²) in [7, 11) is -1.23. The highest BCUT2D eigenvalue weighted by molar-refractivity contribution is 7.91. The van der Waals surface area contributed by atoms with Gasteiger partial charge in [0.1, 0.15) is 0 Å². The second-order valence-corrected chi connectivity index (χ2v) is 6.25. The Labute approximate surface area is 103 Å². The zero-order valence-electron chi connectivity index (χ0n) is 10.3.